The molecule has 10 nitrogen and oxygen atoms in total. The Labute approximate surface area is 188 Å². The molecule has 2 aromatic carbocycles. The first-order chi connectivity index (χ1) is 15.9. The lowest BCUT2D eigenvalue weighted by Crippen LogP contribution is -3.10. The van der Waals surface area contributed by atoms with Gasteiger partial charge in [0.15, 0.2) is 11.5 Å². The summed E-state index contributed by atoms with van der Waals surface area (Å²) in [5.74, 6) is 1.36. The minimum Gasteiger partial charge on any atom is -0.859 e. The Hall–Kier alpha value is -3.92. The molecule has 0 saturated heterocycles. The predicted octanol–water partition coefficient (Wildman–Crippen LogP) is -0.494. The lowest BCUT2D eigenvalue weighted by atomic mass is 9.87. The fourth-order valence-corrected chi connectivity index (χ4v) is 4.67. The third-order valence-electron chi connectivity index (χ3n) is 6.24. The number of rotatable bonds is 4. The highest BCUT2D eigenvalue weighted by Crippen LogP contribution is 2.48. The summed E-state index contributed by atoms with van der Waals surface area (Å²) in [6.45, 7) is 0.735. The molecule has 0 fully saturated rings. The molecule has 5 rings (SSSR count). The number of likely N-dealkylation sites (N-methyl/N-ethyl adjacent to an activating group) is 1. The Balaban J connectivity index is 1.76. The highest BCUT2D eigenvalue weighted by atomic mass is 16.7. The molecular weight excluding hydrogens is 430 g/mol. The second-order valence-corrected chi connectivity index (χ2v) is 8.01. The molecular formula is C23H23N3O7. The normalized spacial score (nSPS) is 18.6. The van der Waals surface area contributed by atoms with Crippen LogP contribution in [-0.2, 0) is 6.42 Å². The number of hydrogen-bond donors (Lipinski definition) is 2. The van der Waals surface area contributed by atoms with E-state index >= 15 is 0 Å². The van der Waals surface area contributed by atoms with Gasteiger partial charge in [0.1, 0.15) is 11.8 Å². The van der Waals surface area contributed by atoms with Gasteiger partial charge in [-0.15, -0.1) is 0 Å². The van der Waals surface area contributed by atoms with Crippen LogP contribution in [0.3, 0.4) is 0 Å². The van der Waals surface area contributed by atoms with Crippen LogP contribution in [0.2, 0.25) is 0 Å². The summed E-state index contributed by atoms with van der Waals surface area (Å²) in [7, 11) is 4.94. The second-order valence-electron chi connectivity index (χ2n) is 8.01. The minimum atomic E-state index is -0.801. The molecule has 33 heavy (non-hydrogen) atoms. The number of fused-ring (bicyclic) bond motifs is 2. The highest BCUT2D eigenvalue weighted by Gasteiger charge is 2.39. The summed E-state index contributed by atoms with van der Waals surface area (Å²) < 4.78 is 23.0. The van der Waals surface area contributed by atoms with E-state index in [4.69, 9.17) is 18.9 Å². The van der Waals surface area contributed by atoms with Crippen LogP contribution < -0.4 is 40.2 Å². The zero-order chi connectivity index (χ0) is 23.3. The van der Waals surface area contributed by atoms with Gasteiger partial charge in [-0.3, -0.25) is 14.3 Å². The van der Waals surface area contributed by atoms with Gasteiger partial charge in [-0.05, 0) is 41.8 Å². The number of methoxy groups -OCH3 is 2. The number of ether oxygens (including phenoxy) is 4. The van der Waals surface area contributed by atoms with Crippen LogP contribution in [0, 0.1) is 0 Å². The second kappa shape index (κ2) is 7.89. The van der Waals surface area contributed by atoms with Crippen molar-refractivity contribution in [2.24, 2.45) is 0 Å². The van der Waals surface area contributed by atoms with E-state index < -0.39 is 23.2 Å². The number of aromatic nitrogens is 2. The van der Waals surface area contributed by atoms with E-state index in [2.05, 4.69) is 4.98 Å². The van der Waals surface area contributed by atoms with E-state index in [1.807, 2.05) is 13.1 Å². The van der Waals surface area contributed by atoms with Crippen molar-refractivity contribution < 1.29 is 29.0 Å². The quantitative estimate of drug-likeness (QED) is 0.547. The zero-order valence-electron chi connectivity index (χ0n) is 18.4. The SMILES string of the molecule is COc1ccc(-n2c([O-])c(C3c4c(cc5c(c4OC)OCO5)CC[NH+]3C)c(=O)[nH]c2=O)cc1. The van der Waals surface area contributed by atoms with Crippen molar-refractivity contribution in [2.75, 3.05) is 34.6 Å². The Morgan fingerprint density at radius 2 is 1.88 bits per heavy atom. The molecule has 3 heterocycles. The molecule has 0 bridgehead atoms. The van der Waals surface area contributed by atoms with Gasteiger partial charge in [0.2, 0.25) is 12.5 Å². The van der Waals surface area contributed by atoms with Crippen LogP contribution in [0.4, 0.5) is 0 Å². The number of quaternary nitrogens is 1. The van der Waals surface area contributed by atoms with Crippen LogP contribution in [0.15, 0.2) is 39.9 Å². The molecule has 0 radical (unpaired) electrons. The Morgan fingerprint density at radius 3 is 2.58 bits per heavy atom. The fraction of sp³-hybridized carbons (Fsp3) is 0.304. The lowest BCUT2D eigenvalue weighted by molar-refractivity contribution is -0.908. The Kier molecular flexibility index (Phi) is 5.01. The van der Waals surface area contributed by atoms with Crippen molar-refractivity contribution in [2.45, 2.75) is 12.5 Å². The van der Waals surface area contributed by atoms with Gasteiger partial charge < -0.3 is 29.0 Å². The van der Waals surface area contributed by atoms with Gasteiger partial charge in [-0.2, -0.15) is 0 Å². The van der Waals surface area contributed by atoms with E-state index in [0.29, 0.717) is 47.2 Å². The smallest absolute Gasteiger partial charge is 0.332 e. The third-order valence-corrected chi connectivity index (χ3v) is 6.24. The molecule has 0 amide bonds. The summed E-state index contributed by atoms with van der Waals surface area (Å²) >= 11 is 0. The van der Waals surface area contributed by atoms with Crippen LogP contribution in [0.1, 0.15) is 22.7 Å². The average Bonchev–Trinajstić information content (AvgIpc) is 3.27. The Bertz CT molecular complexity index is 1340. The van der Waals surface area contributed by atoms with Crippen LogP contribution in [0.25, 0.3) is 5.69 Å². The molecule has 2 aliphatic rings. The largest absolute Gasteiger partial charge is 0.859 e. The van der Waals surface area contributed by atoms with Gasteiger partial charge in [0.25, 0.3) is 5.56 Å². The van der Waals surface area contributed by atoms with Gasteiger partial charge in [0, 0.05) is 12.1 Å². The van der Waals surface area contributed by atoms with Crippen LogP contribution in [-0.4, -0.2) is 44.2 Å². The first-order valence-corrected chi connectivity index (χ1v) is 10.5. The van der Waals surface area contributed by atoms with E-state index in [-0.39, 0.29) is 12.4 Å². The molecule has 0 aliphatic carbocycles. The van der Waals surface area contributed by atoms with Gasteiger partial charge >= 0.3 is 5.69 Å². The number of aromatic amines is 1. The Morgan fingerprint density at radius 1 is 1.12 bits per heavy atom. The molecule has 10 heteroatoms. The zero-order valence-corrected chi connectivity index (χ0v) is 18.4. The number of hydrogen-bond acceptors (Lipinski definition) is 7. The fourth-order valence-electron chi connectivity index (χ4n) is 4.67. The first-order valence-electron chi connectivity index (χ1n) is 10.5. The topological polar surface area (TPSA) is 119 Å². The predicted molar refractivity (Wildman–Crippen MR) is 115 cm³/mol. The summed E-state index contributed by atoms with van der Waals surface area (Å²) in [6, 6.07) is 7.67. The maximum Gasteiger partial charge on any atom is 0.332 e. The number of benzene rings is 2. The van der Waals surface area contributed by atoms with Gasteiger partial charge in [-0.25, -0.2) is 4.79 Å². The molecule has 3 aromatic rings. The highest BCUT2D eigenvalue weighted by molar-refractivity contribution is 5.63. The standard InChI is InChI=1S/C23H23N3O7/c1-25-9-8-12-10-15-19(33-11-32-15)20(31-3)16(12)18(25)17-21(27)24-23(29)26(22(17)28)13-4-6-14(30-2)7-5-13/h4-7,10,18,28H,8-9,11H2,1-3H3,(H,24,27,29). The van der Waals surface area contributed by atoms with Crippen LogP contribution in [0.5, 0.6) is 28.9 Å². The maximum absolute atomic E-state index is 13.7. The van der Waals surface area contributed by atoms with E-state index in [0.717, 1.165) is 15.0 Å². The van der Waals surface area contributed by atoms with Crippen molar-refractivity contribution in [1.29, 1.82) is 0 Å². The molecule has 172 valence electrons. The summed E-state index contributed by atoms with van der Waals surface area (Å²) in [6.07, 6.45) is 0.703. The van der Waals surface area contributed by atoms with Crippen molar-refractivity contribution in [1.82, 2.24) is 9.55 Å². The summed E-state index contributed by atoms with van der Waals surface area (Å²) in [5, 5.41) is 13.7. The van der Waals surface area contributed by atoms with Crippen molar-refractivity contribution >= 4 is 0 Å². The van der Waals surface area contributed by atoms with E-state index in [9.17, 15) is 14.7 Å². The molecule has 2 atom stereocenters. The van der Waals surface area contributed by atoms with Gasteiger partial charge in [-0.1, -0.05) is 0 Å². The van der Waals surface area contributed by atoms with Crippen molar-refractivity contribution in [3.63, 3.8) is 0 Å². The summed E-state index contributed by atoms with van der Waals surface area (Å²) in [4.78, 5) is 28.9. The monoisotopic (exact) mass is 453 g/mol. The third kappa shape index (κ3) is 3.21. The van der Waals surface area contributed by atoms with Gasteiger partial charge in [0.05, 0.1) is 38.9 Å². The molecule has 2 N–H and O–H groups in total. The summed E-state index contributed by atoms with van der Waals surface area (Å²) in [5.41, 5.74) is 0.369. The first kappa shape index (κ1) is 21.0. The maximum atomic E-state index is 13.7. The molecule has 0 spiro atoms. The van der Waals surface area contributed by atoms with E-state index in [1.165, 1.54) is 14.2 Å². The minimum absolute atomic E-state index is 0.0407. The molecule has 0 saturated carbocycles. The van der Waals surface area contributed by atoms with Crippen molar-refractivity contribution in [3.05, 3.63) is 67.9 Å². The van der Waals surface area contributed by atoms with Crippen molar-refractivity contribution in [3.8, 4) is 34.6 Å². The van der Waals surface area contributed by atoms with E-state index in [1.54, 1.807) is 24.3 Å². The number of nitrogens with one attached hydrogen (secondary N) is 2. The number of nitrogens with zero attached hydrogens (tertiary/aromatic N) is 1. The lowest BCUT2D eigenvalue weighted by Gasteiger charge is -2.35. The average molecular weight is 453 g/mol. The molecule has 1 aromatic heterocycles. The van der Waals surface area contributed by atoms with Crippen LogP contribution >= 0.6 is 0 Å². The number of H-pyrrole nitrogens is 1. The molecule has 2 unspecified atom stereocenters. The molecule has 2 aliphatic heterocycles.